The van der Waals surface area contributed by atoms with Gasteiger partial charge in [0.05, 0.1) is 12.5 Å². The minimum Gasteiger partial charge on any atom is -0.388 e. The maximum Gasteiger partial charge on any atom is 0.227 e. The molecule has 0 aliphatic heterocycles. The molecule has 2 aromatic carbocycles. The summed E-state index contributed by atoms with van der Waals surface area (Å²) in [6, 6.07) is 16.8. The first kappa shape index (κ1) is 16.4. The number of thiazole rings is 1. The number of anilines is 1. The van der Waals surface area contributed by atoms with Gasteiger partial charge < -0.3 is 10.4 Å². The van der Waals surface area contributed by atoms with Crippen molar-refractivity contribution in [2.45, 2.75) is 19.4 Å². The summed E-state index contributed by atoms with van der Waals surface area (Å²) in [4.78, 5) is 16.6. The number of carbonyl (C=O) groups is 1. The number of carbonyl (C=O) groups excluding carboxylic acids is 1. The lowest BCUT2D eigenvalue weighted by Gasteiger charge is -2.11. The molecule has 1 aromatic heterocycles. The average Bonchev–Trinajstić information content (AvgIpc) is 3.02. The quantitative estimate of drug-likeness (QED) is 0.733. The molecule has 3 rings (SSSR count). The van der Waals surface area contributed by atoms with Gasteiger partial charge in [0, 0.05) is 22.3 Å². The highest BCUT2D eigenvalue weighted by atomic mass is 32.1. The molecule has 0 spiro atoms. The van der Waals surface area contributed by atoms with Crippen molar-refractivity contribution in [3.05, 3.63) is 71.2 Å². The number of aromatic nitrogens is 1. The molecular weight excluding hydrogens is 320 g/mol. The van der Waals surface area contributed by atoms with Crippen molar-refractivity contribution >= 4 is 22.9 Å². The molecule has 122 valence electrons. The number of nitrogens with zero attached hydrogens (tertiary/aromatic N) is 1. The molecule has 0 bridgehead atoms. The van der Waals surface area contributed by atoms with E-state index in [1.165, 1.54) is 0 Å². The van der Waals surface area contributed by atoms with Gasteiger partial charge in [-0.25, -0.2) is 4.98 Å². The molecule has 1 heterocycles. The Kier molecular flexibility index (Phi) is 5.03. The highest BCUT2D eigenvalue weighted by molar-refractivity contribution is 7.13. The highest BCUT2D eigenvalue weighted by Crippen LogP contribution is 2.26. The summed E-state index contributed by atoms with van der Waals surface area (Å²) in [7, 11) is 0. The molecule has 0 aliphatic rings. The number of aryl methyl sites for hydroxylation is 1. The number of aliphatic hydroxyl groups excluding tert-OH is 1. The summed E-state index contributed by atoms with van der Waals surface area (Å²) in [5.74, 6) is -0.223. The summed E-state index contributed by atoms with van der Waals surface area (Å²) in [6.07, 6.45) is -0.791. The maximum atomic E-state index is 12.2. The summed E-state index contributed by atoms with van der Waals surface area (Å²) in [5, 5.41) is 15.9. The SMILES string of the molecule is Cc1csc(-c2cccc(NC(=O)CC(O)c3ccccc3)c2)n1. The lowest BCUT2D eigenvalue weighted by molar-refractivity contribution is -0.118. The van der Waals surface area contributed by atoms with Gasteiger partial charge in [0.15, 0.2) is 0 Å². The molecule has 0 radical (unpaired) electrons. The molecule has 0 saturated carbocycles. The Morgan fingerprint density at radius 2 is 2.00 bits per heavy atom. The van der Waals surface area contributed by atoms with E-state index in [1.807, 2.05) is 66.9 Å². The normalized spacial score (nSPS) is 11.9. The fraction of sp³-hybridized carbons (Fsp3) is 0.158. The van der Waals surface area contributed by atoms with Gasteiger partial charge in [0.2, 0.25) is 5.91 Å². The van der Waals surface area contributed by atoms with E-state index < -0.39 is 6.10 Å². The minimum atomic E-state index is -0.809. The third-order valence-corrected chi connectivity index (χ3v) is 4.58. The van der Waals surface area contributed by atoms with Crippen LogP contribution in [0.5, 0.6) is 0 Å². The number of hydrogen-bond acceptors (Lipinski definition) is 4. The Morgan fingerprint density at radius 3 is 2.71 bits per heavy atom. The fourth-order valence-electron chi connectivity index (χ4n) is 2.40. The second-order valence-electron chi connectivity index (χ2n) is 5.55. The van der Waals surface area contributed by atoms with Crippen LogP contribution in [0.2, 0.25) is 0 Å². The van der Waals surface area contributed by atoms with Crippen LogP contribution < -0.4 is 5.32 Å². The Bertz CT molecular complexity index is 830. The Balaban J connectivity index is 1.66. The summed E-state index contributed by atoms with van der Waals surface area (Å²) < 4.78 is 0. The third kappa shape index (κ3) is 4.07. The molecule has 3 aromatic rings. The lowest BCUT2D eigenvalue weighted by Crippen LogP contribution is -2.15. The standard InChI is InChI=1S/C19H18N2O2S/c1-13-12-24-19(20-13)15-8-5-9-16(10-15)21-18(23)11-17(22)14-6-3-2-4-7-14/h2-10,12,17,22H,11H2,1H3,(H,21,23). The summed E-state index contributed by atoms with van der Waals surface area (Å²) >= 11 is 1.57. The van der Waals surface area contributed by atoms with E-state index in [2.05, 4.69) is 10.3 Å². The molecule has 24 heavy (non-hydrogen) atoms. The zero-order valence-electron chi connectivity index (χ0n) is 13.3. The van der Waals surface area contributed by atoms with E-state index in [1.54, 1.807) is 11.3 Å². The van der Waals surface area contributed by atoms with E-state index in [0.717, 1.165) is 21.8 Å². The van der Waals surface area contributed by atoms with E-state index in [4.69, 9.17) is 0 Å². The number of nitrogens with one attached hydrogen (secondary N) is 1. The number of rotatable bonds is 5. The van der Waals surface area contributed by atoms with Crippen LogP contribution in [0.3, 0.4) is 0 Å². The van der Waals surface area contributed by atoms with Crippen molar-refractivity contribution in [3.8, 4) is 10.6 Å². The Labute approximate surface area is 144 Å². The molecule has 2 N–H and O–H groups in total. The number of aliphatic hydroxyl groups is 1. The topological polar surface area (TPSA) is 62.2 Å². The largest absolute Gasteiger partial charge is 0.388 e. The van der Waals surface area contributed by atoms with E-state index in [0.29, 0.717) is 5.69 Å². The molecule has 0 fully saturated rings. The Morgan fingerprint density at radius 1 is 1.21 bits per heavy atom. The van der Waals surface area contributed by atoms with E-state index in [9.17, 15) is 9.90 Å². The first-order valence-electron chi connectivity index (χ1n) is 7.67. The van der Waals surface area contributed by atoms with Gasteiger partial charge in [-0.3, -0.25) is 4.79 Å². The van der Waals surface area contributed by atoms with Gasteiger partial charge in [0.1, 0.15) is 5.01 Å². The smallest absolute Gasteiger partial charge is 0.227 e. The van der Waals surface area contributed by atoms with Crippen LogP contribution in [-0.4, -0.2) is 16.0 Å². The molecular formula is C19H18N2O2S. The minimum absolute atomic E-state index is 0.0185. The van der Waals surface area contributed by atoms with Crippen molar-refractivity contribution < 1.29 is 9.90 Å². The molecule has 1 atom stereocenters. The molecule has 0 saturated heterocycles. The van der Waals surface area contributed by atoms with Crippen LogP contribution in [0, 0.1) is 6.92 Å². The van der Waals surface area contributed by atoms with Gasteiger partial charge in [-0.2, -0.15) is 0 Å². The molecule has 0 aliphatic carbocycles. The van der Waals surface area contributed by atoms with Gasteiger partial charge in [-0.1, -0.05) is 42.5 Å². The number of hydrogen-bond donors (Lipinski definition) is 2. The van der Waals surface area contributed by atoms with Gasteiger partial charge in [-0.15, -0.1) is 11.3 Å². The van der Waals surface area contributed by atoms with Crippen LogP contribution in [0.1, 0.15) is 23.8 Å². The molecule has 5 heteroatoms. The van der Waals surface area contributed by atoms with Crippen molar-refractivity contribution in [2.75, 3.05) is 5.32 Å². The van der Waals surface area contributed by atoms with Crippen LogP contribution in [-0.2, 0) is 4.79 Å². The second-order valence-corrected chi connectivity index (χ2v) is 6.41. The predicted molar refractivity (Wildman–Crippen MR) is 96.9 cm³/mol. The van der Waals surface area contributed by atoms with Crippen molar-refractivity contribution in [3.63, 3.8) is 0 Å². The number of amides is 1. The highest BCUT2D eigenvalue weighted by Gasteiger charge is 2.13. The monoisotopic (exact) mass is 338 g/mol. The predicted octanol–water partition coefficient (Wildman–Crippen LogP) is 4.18. The third-order valence-electron chi connectivity index (χ3n) is 3.58. The van der Waals surface area contributed by atoms with Gasteiger partial charge >= 0.3 is 0 Å². The average molecular weight is 338 g/mol. The summed E-state index contributed by atoms with van der Waals surface area (Å²) in [6.45, 7) is 1.95. The fourth-order valence-corrected chi connectivity index (χ4v) is 3.19. The molecule has 1 unspecified atom stereocenters. The molecule has 4 nitrogen and oxygen atoms in total. The van der Waals surface area contributed by atoms with Crippen LogP contribution in [0.25, 0.3) is 10.6 Å². The second kappa shape index (κ2) is 7.38. The van der Waals surface area contributed by atoms with E-state index >= 15 is 0 Å². The van der Waals surface area contributed by atoms with Crippen LogP contribution >= 0.6 is 11.3 Å². The van der Waals surface area contributed by atoms with Gasteiger partial charge in [0.25, 0.3) is 0 Å². The first-order valence-corrected chi connectivity index (χ1v) is 8.55. The Hall–Kier alpha value is -2.50. The molecule has 1 amide bonds. The maximum absolute atomic E-state index is 12.2. The van der Waals surface area contributed by atoms with Crippen LogP contribution in [0.4, 0.5) is 5.69 Å². The lowest BCUT2D eigenvalue weighted by atomic mass is 10.1. The van der Waals surface area contributed by atoms with Crippen molar-refractivity contribution in [1.82, 2.24) is 4.98 Å². The summed E-state index contributed by atoms with van der Waals surface area (Å²) in [5.41, 5.74) is 3.38. The van der Waals surface area contributed by atoms with Crippen molar-refractivity contribution in [2.24, 2.45) is 0 Å². The zero-order chi connectivity index (χ0) is 16.9. The first-order chi connectivity index (χ1) is 11.6. The van der Waals surface area contributed by atoms with Gasteiger partial charge in [-0.05, 0) is 24.6 Å². The zero-order valence-corrected chi connectivity index (χ0v) is 14.1. The van der Waals surface area contributed by atoms with E-state index in [-0.39, 0.29) is 12.3 Å². The van der Waals surface area contributed by atoms with Crippen LogP contribution in [0.15, 0.2) is 60.0 Å². The van der Waals surface area contributed by atoms with Crippen molar-refractivity contribution in [1.29, 1.82) is 0 Å². The number of benzene rings is 2.